The number of carbonyl (C=O) groups excluding carboxylic acids is 2. The van der Waals surface area contributed by atoms with Crippen molar-refractivity contribution in [3.05, 3.63) is 24.3 Å². The second-order valence-electron chi connectivity index (χ2n) is 3.77. The van der Waals surface area contributed by atoms with Gasteiger partial charge in [0.2, 0.25) is 5.91 Å². The van der Waals surface area contributed by atoms with Gasteiger partial charge >= 0.3 is 0 Å². The Morgan fingerprint density at radius 2 is 1.69 bits per heavy atom. The summed E-state index contributed by atoms with van der Waals surface area (Å²) in [5.74, 6) is -0.0845. The van der Waals surface area contributed by atoms with Crippen LogP contribution in [0.25, 0.3) is 0 Å². The highest BCUT2D eigenvalue weighted by Crippen LogP contribution is 2.42. The molecule has 1 heterocycles. The average Bonchev–Trinajstić information content (AvgIpc) is 2.49. The lowest BCUT2D eigenvalue weighted by atomic mass is 9.98. The van der Waals surface area contributed by atoms with Crippen LogP contribution >= 0.6 is 11.8 Å². The van der Waals surface area contributed by atoms with Crippen LogP contribution in [0.5, 0.6) is 0 Å². The third kappa shape index (κ3) is 2.38. The van der Waals surface area contributed by atoms with E-state index in [4.69, 9.17) is 0 Å². The molecule has 0 spiro atoms. The van der Waals surface area contributed by atoms with E-state index in [0.717, 1.165) is 11.8 Å². The van der Waals surface area contributed by atoms with Crippen molar-refractivity contribution in [2.24, 2.45) is 0 Å². The normalized spacial score (nSPS) is 20.6. The van der Waals surface area contributed by atoms with E-state index in [1.807, 2.05) is 38.2 Å². The van der Waals surface area contributed by atoms with Crippen LogP contribution in [0, 0.1) is 0 Å². The Balaban J connectivity index is 2.95. The maximum Gasteiger partial charge on any atom is 0.289 e. The summed E-state index contributed by atoms with van der Waals surface area (Å²) in [5.41, 5.74) is 0. The first-order valence-electron chi connectivity index (χ1n) is 5.31. The molecule has 0 saturated carbocycles. The largest absolute Gasteiger partial charge is 0.289 e. The molecule has 1 rings (SSSR count). The summed E-state index contributed by atoms with van der Waals surface area (Å²) in [5, 5.41) is -0.154. The Morgan fingerprint density at radius 3 is 2.00 bits per heavy atom. The van der Waals surface area contributed by atoms with Crippen molar-refractivity contribution in [2.75, 3.05) is 7.05 Å². The van der Waals surface area contributed by atoms with E-state index < -0.39 is 4.75 Å². The second kappa shape index (κ2) is 5.34. The number of hydrogen-bond donors (Lipinski definition) is 0. The number of nitrogens with zero attached hydrogens (tertiary/aromatic N) is 1. The molecule has 0 bridgehead atoms. The van der Waals surface area contributed by atoms with Crippen LogP contribution in [-0.2, 0) is 4.79 Å². The summed E-state index contributed by atoms with van der Waals surface area (Å²) < 4.78 is -0.620. The molecular weight excluding hydrogens is 222 g/mol. The van der Waals surface area contributed by atoms with Gasteiger partial charge in [0.05, 0.1) is 0 Å². The molecule has 0 aromatic heterocycles. The Kier molecular flexibility index (Phi) is 4.35. The first-order chi connectivity index (χ1) is 7.57. The minimum atomic E-state index is -0.620. The Labute approximate surface area is 101 Å². The lowest BCUT2D eigenvalue weighted by Crippen LogP contribution is -2.36. The predicted molar refractivity (Wildman–Crippen MR) is 67.4 cm³/mol. The molecule has 0 N–H and O–H groups in total. The highest BCUT2D eigenvalue weighted by molar-refractivity contribution is 8.16. The van der Waals surface area contributed by atoms with Crippen molar-refractivity contribution in [2.45, 2.75) is 31.4 Å². The molecule has 1 fully saturated rings. The number of amides is 2. The van der Waals surface area contributed by atoms with E-state index in [-0.39, 0.29) is 11.1 Å². The smallest absolute Gasteiger partial charge is 0.275 e. The predicted octanol–water partition coefficient (Wildman–Crippen LogP) is 2.98. The zero-order chi connectivity index (χ0) is 12.2. The van der Waals surface area contributed by atoms with Gasteiger partial charge in [0.25, 0.3) is 5.24 Å². The Bertz CT molecular complexity index is 333. The molecule has 88 valence electrons. The van der Waals surface area contributed by atoms with E-state index in [2.05, 4.69) is 0 Å². The number of thioether (sulfide) groups is 1. The molecule has 0 aromatic carbocycles. The van der Waals surface area contributed by atoms with Gasteiger partial charge in [-0.05, 0) is 38.5 Å². The van der Waals surface area contributed by atoms with E-state index in [9.17, 15) is 9.59 Å². The highest BCUT2D eigenvalue weighted by atomic mass is 32.2. The Hall–Kier alpha value is -1.03. The van der Waals surface area contributed by atoms with Crippen LogP contribution in [-0.4, -0.2) is 27.8 Å². The summed E-state index contributed by atoms with van der Waals surface area (Å²) in [4.78, 5) is 24.8. The van der Waals surface area contributed by atoms with Crippen LogP contribution in [0.4, 0.5) is 4.79 Å². The fraction of sp³-hybridized carbons (Fsp3) is 0.500. The van der Waals surface area contributed by atoms with Crippen molar-refractivity contribution in [3.8, 4) is 0 Å². The molecule has 0 aliphatic carbocycles. The van der Waals surface area contributed by atoms with Gasteiger partial charge in [-0.2, -0.15) is 0 Å². The van der Waals surface area contributed by atoms with Crippen LogP contribution in [0.15, 0.2) is 24.3 Å². The van der Waals surface area contributed by atoms with Crippen molar-refractivity contribution in [1.82, 2.24) is 4.90 Å². The van der Waals surface area contributed by atoms with Gasteiger partial charge in [0.15, 0.2) is 0 Å². The molecule has 4 heteroatoms. The standard InChI is InChI=1S/C12H17NO2S/c1-4-6-8-12(9-7-5-2)10(14)13(3)11(15)16-12/h4-7H,8-9H2,1-3H3/b6-4+,7-5+. The fourth-order valence-electron chi connectivity index (χ4n) is 1.63. The third-order valence-corrected chi connectivity index (χ3v) is 3.96. The van der Waals surface area contributed by atoms with E-state index in [0.29, 0.717) is 12.8 Å². The van der Waals surface area contributed by atoms with Crippen LogP contribution in [0.3, 0.4) is 0 Å². The zero-order valence-corrected chi connectivity index (χ0v) is 10.7. The molecule has 1 aliphatic heterocycles. The van der Waals surface area contributed by atoms with Gasteiger partial charge in [-0.25, -0.2) is 0 Å². The van der Waals surface area contributed by atoms with E-state index >= 15 is 0 Å². The van der Waals surface area contributed by atoms with Gasteiger partial charge < -0.3 is 0 Å². The average molecular weight is 239 g/mol. The van der Waals surface area contributed by atoms with Crippen molar-refractivity contribution < 1.29 is 9.59 Å². The van der Waals surface area contributed by atoms with Crippen LogP contribution in [0.1, 0.15) is 26.7 Å². The van der Waals surface area contributed by atoms with Crippen molar-refractivity contribution >= 4 is 22.9 Å². The lowest BCUT2D eigenvalue weighted by Gasteiger charge is -2.21. The number of imide groups is 1. The van der Waals surface area contributed by atoms with Gasteiger partial charge in [-0.1, -0.05) is 24.3 Å². The van der Waals surface area contributed by atoms with Gasteiger partial charge in [-0.15, -0.1) is 0 Å². The molecule has 0 unspecified atom stereocenters. The Morgan fingerprint density at radius 1 is 1.19 bits per heavy atom. The molecule has 3 nitrogen and oxygen atoms in total. The van der Waals surface area contributed by atoms with Crippen molar-refractivity contribution in [3.63, 3.8) is 0 Å². The molecule has 0 atom stereocenters. The second-order valence-corrected chi connectivity index (χ2v) is 5.11. The number of allylic oxidation sites excluding steroid dienone is 4. The minimum Gasteiger partial charge on any atom is -0.275 e. The van der Waals surface area contributed by atoms with Crippen molar-refractivity contribution in [1.29, 1.82) is 0 Å². The summed E-state index contributed by atoms with van der Waals surface area (Å²) in [6.07, 6.45) is 8.92. The lowest BCUT2D eigenvalue weighted by molar-refractivity contribution is -0.128. The fourth-order valence-corrected chi connectivity index (χ4v) is 2.76. The maximum atomic E-state index is 12.1. The monoisotopic (exact) mass is 239 g/mol. The van der Waals surface area contributed by atoms with Crippen LogP contribution < -0.4 is 0 Å². The molecule has 2 amide bonds. The van der Waals surface area contributed by atoms with Gasteiger partial charge in [0.1, 0.15) is 4.75 Å². The van der Waals surface area contributed by atoms with Gasteiger partial charge in [-0.3, -0.25) is 14.5 Å². The first kappa shape index (κ1) is 13.0. The van der Waals surface area contributed by atoms with Gasteiger partial charge in [0, 0.05) is 7.05 Å². The number of carbonyl (C=O) groups is 2. The highest BCUT2D eigenvalue weighted by Gasteiger charge is 2.49. The topological polar surface area (TPSA) is 37.4 Å². The summed E-state index contributed by atoms with van der Waals surface area (Å²) in [7, 11) is 1.55. The van der Waals surface area contributed by atoms with E-state index in [1.165, 1.54) is 4.90 Å². The minimum absolute atomic E-state index is 0.0845. The summed E-state index contributed by atoms with van der Waals surface area (Å²) in [6, 6.07) is 0. The third-order valence-electron chi connectivity index (χ3n) is 2.62. The zero-order valence-electron chi connectivity index (χ0n) is 9.90. The molecule has 1 aliphatic rings. The molecule has 0 radical (unpaired) electrons. The molecule has 0 aromatic rings. The maximum absolute atomic E-state index is 12.1. The summed E-state index contributed by atoms with van der Waals surface area (Å²) in [6.45, 7) is 3.83. The summed E-state index contributed by atoms with van der Waals surface area (Å²) >= 11 is 1.14. The molecular formula is C12H17NO2S. The first-order valence-corrected chi connectivity index (χ1v) is 6.12. The number of hydrogen-bond acceptors (Lipinski definition) is 3. The SMILES string of the molecule is C/C=C/CC1(C/C=C/C)SC(=O)N(C)C1=O. The quantitative estimate of drug-likeness (QED) is 0.708. The van der Waals surface area contributed by atoms with Crippen LogP contribution in [0.2, 0.25) is 0 Å². The number of rotatable bonds is 4. The molecule has 1 saturated heterocycles. The van der Waals surface area contributed by atoms with E-state index in [1.54, 1.807) is 7.05 Å². The molecule has 16 heavy (non-hydrogen) atoms.